The van der Waals surface area contributed by atoms with Crippen molar-refractivity contribution in [3.8, 4) is 28.1 Å². The first-order valence-corrected chi connectivity index (χ1v) is 11.6. The minimum absolute atomic E-state index is 0.116. The number of imidazole rings is 1. The van der Waals surface area contributed by atoms with E-state index in [4.69, 9.17) is 28.9 Å². The molecule has 5 aromatic rings. The summed E-state index contributed by atoms with van der Waals surface area (Å²) in [6.07, 6.45) is 6.54. The van der Waals surface area contributed by atoms with Crippen molar-refractivity contribution in [1.29, 1.82) is 0 Å². The van der Waals surface area contributed by atoms with Gasteiger partial charge < -0.3 is 15.3 Å². The van der Waals surface area contributed by atoms with E-state index >= 15 is 0 Å². The zero-order valence-corrected chi connectivity index (χ0v) is 19.7. The second kappa shape index (κ2) is 8.37. The van der Waals surface area contributed by atoms with Gasteiger partial charge in [-0.25, -0.2) is 14.6 Å². The Labute approximate surface area is 209 Å². The number of aromatic nitrogens is 7. The molecule has 0 aliphatic carbocycles. The van der Waals surface area contributed by atoms with E-state index in [-0.39, 0.29) is 16.8 Å². The number of H-pyrrole nitrogens is 1. The van der Waals surface area contributed by atoms with Gasteiger partial charge in [-0.1, -0.05) is 28.4 Å². The molecule has 4 aromatic heterocycles. The van der Waals surface area contributed by atoms with Crippen LogP contribution < -0.4 is 11.3 Å². The maximum atomic E-state index is 13.3. The van der Waals surface area contributed by atoms with Crippen LogP contribution in [0.15, 0.2) is 65.8 Å². The van der Waals surface area contributed by atoms with Crippen molar-refractivity contribution in [2.75, 3.05) is 5.73 Å². The predicted octanol–water partition coefficient (Wildman–Crippen LogP) is 4.31. The lowest BCUT2D eigenvalue weighted by molar-refractivity contribution is 0.572. The van der Waals surface area contributed by atoms with Crippen LogP contribution in [-0.2, 0) is 6.42 Å². The standard InChI is InChI=1S/C24H18Cl2N8O/c25-15-2-4-19(33-12-21(26)31-32-33)17(9-15)14-7-16-3-5-20(34(16)23(35)8-14)24-29-11-18(30-24)13-1-6-22(27)28-10-13/h1-2,4,6-12,20H,3,5H2,(H2,27,28)(H,29,30)/t20-/m0/s1. The molecule has 1 aromatic carbocycles. The molecule has 5 heterocycles. The second-order valence-electron chi connectivity index (χ2n) is 8.30. The summed E-state index contributed by atoms with van der Waals surface area (Å²) in [4.78, 5) is 25.4. The summed E-state index contributed by atoms with van der Waals surface area (Å²) in [5.74, 6) is 1.18. The number of nitrogens with one attached hydrogen (secondary N) is 1. The third-order valence-corrected chi connectivity index (χ3v) is 6.53. The molecule has 35 heavy (non-hydrogen) atoms. The molecule has 0 unspecified atom stereocenters. The fraction of sp³-hybridized carbons (Fsp3) is 0.125. The topological polar surface area (TPSA) is 120 Å². The number of hydrogen-bond donors (Lipinski definition) is 2. The molecule has 174 valence electrons. The molecule has 0 saturated carbocycles. The van der Waals surface area contributed by atoms with Crippen LogP contribution in [0.3, 0.4) is 0 Å². The van der Waals surface area contributed by atoms with E-state index in [0.29, 0.717) is 10.8 Å². The van der Waals surface area contributed by atoms with Crippen molar-refractivity contribution in [1.82, 2.24) is 34.5 Å². The number of halogens is 2. The smallest absolute Gasteiger partial charge is 0.252 e. The van der Waals surface area contributed by atoms with Crippen molar-refractivity contribution in [2.45, 2.75) is 18.9 Å². The third kappa shape index (κ3) is 3.88. The van der Waals surface area contributed by atoms with Gasteiger partial charge in [0.25, 0.3) is 5.56 Å². The minimum Gasteiger partial charge on any atom is -0.384 e. The van der Waals surface area contributed by atoms with Crippen molar-refractivity contribution in [3.63, 3.8) is 0 Å². The molecule has 3 N–H and O–H groups in total. The molecule has 0 spiro atoms. The van der Waals surface area contributed by atoms with Crippen LogP contribution in [0.4, 0.5) is 5.82 Å². The molecule has 11 heteroatoms. The maximum absolute atomic E-state index is 13.3. The van der Waals surface area contributed by atoms with Gasteiger partial charge in [-0.3, -0.25) is 4.79 Å². The summed E-state index contributed by atoms with van der Waals surface area (Å²) in [5.41, 5.74) is 10.4. The molecule has 0 radical (unpaired) electrons. The molecule has 6 rings (SSSR count). The van der Waals surface area contributed by atoms with Gasteiger partial charge in [0.2, 0.25) is 0 Å². The van der Waals surface area contributed by atoms with E-state index in [0.717, 1.165) is 52.4 Å². The molecule has 1 aliphatic rings. The number of benzene rings is 1. The average molecular weight is 505 g/mol. The Hall–Kier alpha value is -3.95. The molecular formula is C24H18Cl2N8O. The zero-order valence-electron chi connectivity index (χ0n) is 18.2. The number of aromatic amines is 1. The van der Waals surface area contributed by atoms with Gasteiger partial charge in [0.1, 0.15) is 11.6 Å². The molecule has 0 bridgehead atoms. The highest BCUT2D eigenvalue weighted by molar-refractivity contribution is 6.31. The minimum atomic E-state index is -0.185. The van der Waals surface area contributed by atoms with Gasteiger partial charge in [-0.05, 0) is 54.8 Å². The van der Waals surface area contributed by atoms with Gasteiger partial charge in [-0.15, -0.1) is 5.10 Å². The highest BCUT2D eigenvalue weighted by atomic mass is 35.5. The fourth-order valence-electron chi connectivity index (χ4n) is 4.53. The zero-order chi connectivity index (χ0) is 24.1. The lowest BCUT2D eigenvalue weighted by atomic mass is 10.0. The van der Waals surface area contributed by atoms with Crippen LogP contribution in [0.25, 0.3) is 28.1 Å². The Morgan fingerprint density at radius 2 is 1.91 bits per heavy atom. The number of nitrogens with zero attached hydrogens (tertiary/aromatic N) is 6. The molecule has 0 saturated heterocycles. The average Bonchev–Trinajstić information content (AvgIpc) is 3.59. The summed E-state index contributed by atoms with van der Waals surface area (Å²) in [7, 11) is 0. The van der Waals surface area contributed by atoms with Crippen molar-refractivity contribution >= 4 is 29.0 Å². The van der Waals surface area contributed by atoms with Crippen LogP contribution >= 0.6 is 23.2 Å². The number of pyridine rings is 2. The Bertz CT molecular complexity index is 1620. The first-order chi connectivity index (χ1) is 17.0. The van der Waals surface area contributed by atoms with Gasteiger partial charge in [0.15, 0.2) is 5.15 Å². The van der Waals surface area contributed by atoms with E-state index in [2.05, 4.69) is 25.3 Å². The number of nitrogens with two attached hydrogens (primary N) is 1. The molecule has 1 aliphatic heterocycles. The van der Waals surface area contributed by atoms with Gasteiger partial charge in [0.05, 0.1) is 29.8 Å². The third-order valence-electron chi connectivity index (χ3n) is 6.12. The van der Waals surface area contributed by atoms with Gasteiger partial charge in [-0.2, -0.15) is 0 Å². The number of rotatable bonds is 4. The quantitative estimate of drug-likeness (QED) is 0.376. The summed E-state index contributed by atoms with van der Waals surface area (Å²) >= 11 is 12.3. The first-order valence-electron chi connectivity index (χ1n) is 10.9. The van der Waals surface area contributed by atoms with E-state index in [9.17, 15) is 4.79 Å². The van der Waals surface area contributed by atoms with Crippen LogP contribution in [0.1, 0.15) is 24.0 Å². The van der Waals surface area contributed by atoms with Crippen molar-refractivity contribution in [2.24, 2.45) is 0 Å². The number of nitrogen functional groups attached to an aromatic ring is 1. The Balaban J connectivity index is 1.39. The summed E-state index contributed by atoms with van der Waals surface area (Å²) in [6, 6.07) is 12.5. The monoisotopic (exact) mass is 504 g/mol. The van der Waals surface area contributed by atoms with Gasteiger partial charge >= 0.3 is 0 Å². The first kappa shape index (κ1) is 21.6. The SMILES string of the molecule is Nc1ccc(-c2cnc([C@@H]3CCc4cc(-c5cc(Cl)ccc5-n5cc(Cl)nn5)cc(=O)n43)[nH]2)cn1. The summed E-state index contributed by atoms with van der Waals surface area (Å²) in [6.45, 7) is 0. The lowest BCUT2D eigenvalue weighted by Crippen LogP contribution is -2.23. The molecule has 0 amide bonds. The van der Waals surface area contributed by atoms with Crippen molar-refractivity contribution < 1.29 is 0 Å². The van der Waals surface area contributed by atoms with Crippen molar-refractivity contribution in [3.05, 3.63) is 93.1 Å². The number of hydrogen-bond acceptors (Lipinski definition) is 6. The normalized spacial score (nSPS) is 14.9. The van der Waals surface area contributed by atoms with Crippen LogP contribution in [0, 0.1) is 0 Å². The Kier molecular flexibility index (Phi) is 5.16. The van der Waals surface area contributed by atoms with E-state index in [1.165, 1.54) is 0 Å². The van der Waals surface area contributed by atoms with E-state index in [1.807, 2.05) is 24.3 Å². The van der Waals surface area contributed by atoms with Gasteiger partial charge in [0, 0.05) is 34.1 Å². The highest BCUT2D eigenvalue weighted by Crippen LogP contribution is 2.34. The summed E-state index contributed by atoms with van der Waals surface area (Å²) < 4.78 is 3.36. The molecular weight excluding hydrogens is 487 g/mol. The number of anilines is 1. The highest BCUT2D eigenvalue weighted by Gasteiger charge is 2.28. The maximum Gasteiger partial charge on any atom is 0.252 e. The molecule has 0 fully saturated rings. The Morgan fingerprint density at radius 3 is 2.69 bits per heavy atom. The fourth-order valence-corrected chi connectivity index (χ4v) is 4.83. The number of aryl methyl sites for hydroxylation is 1. The molecule has 9 nitrogen and oxygen atoms in total. The van der Waals surface area contributed by atoms with Crippen LogP contribution in [0.5, 0.6) is 0 Å². The number of fused-ring (bicyclic) bond motifs is 1. The summed E-state index contributed by atoms with van der Waals surface area (Å²) in [5, 5.41) is 8.74. The van der Waals surface area contributed by atoms with E-state index in [1.54, 1.807) is 46.0 Å². The largest absolute Gasteiger partial charge is 0.384 e. The Morgan fingerprint density at radius 1 is 1.03 bits per heavy atom. The predicted molar refractivity (Wildman–Crippen MR) is 134 cm³/mol. The second-order valence-corrected chi connectivity index (χ2v) is 9.12. The van der Waals surface area contributed by atoms with Crippen LogP contribution in [-0.4, -0.2) is 34.5 Å². The van der Waals surface area contributed by atoms with E-state index < -0.39 is 0 Å². The lowest BCUT2D eigenvalue weighted by Gasteiger charge is -2.15. The van der Waals surface area contributed by atoms with Crippen LogP contribution in [0.2, 0.25) is 10.2 Å². The molecule has 1 atom stereocenters.